The van der Waals surface area contributed by atoms with Gasteiger partial charge in [0.2, 0.25) is 0 Å². The molecule has 47 heavy (non-hydrogen) atoms. The highest BCUT2D eigenvalue weighted by molar-refractivity contribution is 5.66. The van der Waals surface area contributed by atoms with Crippen LogP contribution in [0.15, 0.2) is 0 Å². The summed E-state index contributed by atoms with van der Waals surface area (Å²) >= 11 is 0. The number of carboxylic acid groups (broad SMARTS) is 1. The maximum atomic E-state index is 12.3. The third-order valence-electron chi connectivity index (χ3n) is 15.6. The van der Waals surface area contributed by atoms with Crippen LogP contribution in [-0.2, 0) is 19.0 Å². The molecular formula is C37H62N2O8. The quantitative estimate of drug-likeness (QED) is 0.261. The Labute approximate surface area is 281 Å². The van der Waals surface area contributed by atoms with Crippen LogP contribution in [0.5, 0.6) is 0 Å². The van der Waals surface area contributed by atoms with E-state index in [1.807, 2.05) is 0 Å². The summed E-state index contributed by atoms with van der Waals surface area (Å²) in [7, 11) is 0. The van der Waals surface area contributed by atoms with Crippen LogP contribution in [0.1, 0.15) is 106 Å². The van der Waals surface area contributed by atoms with Gasteiger partial charge in [-0.05, 0) is 124 Å². The molecule has 10 nitrogen and oxygen atoms in total. The highest BCUT2D eigenvalue weighted by Gasteiger charge is 2.85. The minimum absolute atomic E-state index is 0.0372. The number of fused-ring (bicyclic) bond motifs is 4. The molecule has 14 atom stereocenters. The molecule has 0 aromatic rings. The van der Waals surface area contributed by atoms with Crippen LogP contribution in [0.2, 0.25) is 0 Å². The largest absolute Gasteiger partial charge is 0.481 e. The second-order valence-corrected chi connectivity index (χ2v) is 18.5. The average molecular weight is 663 g/mol. The topological polar surface area (TPSA) is 155 Å². The smallest absolute Gasteiger partial charge is 0.303 e. The fourth-order valence-corrected chi connectivity index (χ4v) is 13.4. The second kappa shape index (κ2) is 11.3. The number of hydrogen-bond donors (Lipinski definition) is 5. The third kappa shape index (κ3) is 4.89. The van der Waals surface area contributed by atoms with E-state index < -0.39 is 41.5 Å². The maximum absolute atomic E-state index is 12.3. The molecule has 0 amide bonds. The van der Waals surface area contributed by atoms with E-state index in [1.54, 1.807) is 13.8 Å². The first kappa shape index (κ1) is 34.6. The number of nitrogens with two attached hydrogens (primary N) is 1. The Morgan fingerprint density at radius 1 is 1.11 bits per heavy atom. The molecule has 2 heterocycles. The Bertz CT molecular complexity index is 1230. The van der Waals surface area contributed by atoms with E-state index in [1.165, 1.54) is 6.42 Å². The van der Waals surface area contributed by atoms with Gasteiger partial charge in [0.1, 0.15) is 6.10 Å². The summed E-state index contributed by atoms with van der Waals surface area (Å²) in [4.78, 5) is 13.3. The Hall–Kier alpha value is -0.850. The summed E-state index contributed by atoms with van der Waals surface area (Å²) in [5.74, 6) is 0.293. The van der Waals surface area contributed by atoms with Crippen LogP contribution < -0.4 is 5.73 Å². The Balaban J connectivity index is 1.08. The van der Waals surface area contributed by atoms with Crippen molar-refractivity contribution >= 4 is 5.97 Å². The minimum atomic E-state index is -1.29. The SMILES string of the molecule is C[C@@H]1CC(C(O)C(C)(C)O)OC2[C@H]1C1(C)CCC34CC35CCC(OC3CN(CCCC(=O)O)CCO3)C(C)(C)[C@@H]5CCC4[C@]1(N)[C@H]2O. The van der Waals surface area contributed by atoms with E-state index in [9.17, 15) is 20.1 Å². The zero-order chi connectivity index (χ0) is 33.9. The van der Waals surface area contributed by atoms with Gasteiger partial charge >= 0.3 is 5.97 Å². The van der Waals surface area contributed by atoms with Gasteiger partial charge < -0.3 is 40.4 Å². The molecule has 9 unspecified atom stereocenters. The van der Waals surface area contributed by atoms with Crippen LogP contribution in [-0.4, -0.2) is 105 Å². The fraction of sp³-hybridized carbons (Fsp3) is 0.973. The van der Waals surface area contributed by atoms with Crippen molar-refractivity contribution in [1.29, 1.82) is 0 Å². The van der Waals surface area contributed by atoms with Crippen LogP contribution in [0.25, 0.3) is 0 Å². The number of carbonyl (C=O) groups is 1. The van der Waals surface area contributed by atoms with Gasteiger partial charge in [0.25, 0.3) is 0 Å². The minimum Gasteiger partial charge on any atom is -0.481 e. The van der Waals surface area contributed by atoms with Gasteiger partial charge in [-0.15, -0.1) is 0 Å². The zero-order valence-corrected chi connectivity index (χ0v) is 29.6. The van der Waals surface area contributed by atoms with Crippen molar-refractivity contribution in [3.05, 3.63) is 0 Å². The molecular weight excluding hydrogens is 600 g/mol. The van der Waals surface area contributed by atoms with Gasteiger partial charge in [-0.3, -0.25) is 9.69 Å². The van der Waals surface area contributed by atoms with Gasteiger partial charge in [-0.1, -0.05) is 27.7 Å². The molecule has 7 rings (SSSR count). The third-order valence-corrected chi connectivity index (χ3v) is 15.6. The number of rotatable bonds is 8. The fourth-order valence-electron chi connectivity index (χ4n) is 13.4. The lowest BCUT2D eigenvalue weighted by Gasteiger charge is -2.63. The standard InChI is InChI=1S/C37H62N2O8/c1-21-18-22(30(42)33(4,5)44)46-29-28(21)34(6)13-14-36-20-35(36)12-11-25(47-27-19-39(16-17-45-27)15-7-8-26(40)41)32(2,3)23(35)9-10-24(36)37(34,38)31(29)43/h21-25,27-31,42-44H,7-20,38H2,1-6H3,(H,40,41)/t21-,22?,23+,24?,25?,27?,28+,29?,30?,31+,34?,35?,36?,37+/m1/s1. The number of carboxylic acids is 1. The van der Waals surface area contributed by atoms with Crippen molar-refractivity contribution in [2.75, 3.05) is 26.2 Å². The van der Waals surface area contributed by atoms with Gasteiger partial charge in [0.15, 0.2) is 6.29 Å². The van der Waals surface area contributed by atoms with Gasteiger partial charge in [0.05, 0.1) is 42.2 Å². The van der Waals surface area contributed by atoms with Crippen molar-refractivity contribution in [2.45, 2.75) is 154 Å². The van der Waals surface area contributed by atoms with Crippen molar-refractivity contribution in [2.24, 2.45) is 51.1 Å². The number of morpholine rings is 1. The first-order chi connectivity index (χ1) is 21.9. The van der Waals surface area contributed by atoms with Crippen molar-refractivity contribution < 1.29 is 39.4 Å². The van der Waals surface area contributed by atoms with Gasteiger partial charge in [-0.25, -0.2) is 0 Å². The molecule has 5 aliphatic carbocycles. The lowest BCUT2D eigenvalue weighted by Crippen LogP contribution is -2.70. The first-order valence-corrected chi connectivity index (χ1v) is 18.7. The number of ether oxygens (including phenoxy) is 3. The lowest BCUT2D eigenvalue weighted by molar-refractivity contribution is -0.246. The molecule has 2 spiro atoms. The molecule has 2 aliphatic heterocycles. The molecule has 5 saturated carbocycles. The Kier molecular flexibility index (Phi) is 8.34. The molecule has 268 valence electrons. The molecule has 0 radical (unpaired) electrons. The van der Waals surface area contributed by atoms with Crippen molar-refractivity contribution in [3.63, 3.8) is 0 Å². The molecule has 7 aliphatic rings. The predicted octanol–water partition coefficient (Wildman–Crippen LogP) is 3.53. The first-order valence-electron chi connectivity index (χ1n) is 18.7. The van der Waals surface area contributed by atoms with Crippen molar-refractivity contribution in [3.8, 4) is 0 Å². The van der Waals surface area contributed by atoms with E-state index in [0.29, 0.717) is 31.9 Å². The molecule has 0 bridgehead atoms. The number of nitrogens with zero attached hydrogens (tertiary/aromatic N) is 1. The van der Waals surface area contributed by atoms with E-state index in [0.717, 1.165) is 51.6 Å². The number of aliphatic carboxylic acids is 1. The summed E-state index contributed by atoms with van der Waals surface area (Å²) in [6, 6.07) is 0. The number of hydrogen-bond acceptors (Lipinski definition) is 9. The molecule has 2 saturated heterocycles. The number of aliphatic hydroxyl groups excluding tert-OH is 2. The highest BCUT2D eigenvalue weighted by Crippen LogP contribution is 2.87. The van der Waals surface area contributed by atoms with E-state index >= 15 is 0 Å². The summed E-state index contributed by atoms with van der Waals surface area (Å²) in [6.07, 6.45) is 5.88. The summed E-state index contributed by atoms with van der Waals surface area (Å²) in [5.41, 5.74) is 5.69. The van der Waals surface area contributed by atoms with Crippen LogP contribution >= 0.6 is 0 Å². The summed E-state index contributed by atoms with van der Waals surface area (Å²) in [6.45, 7) is 15.4. The molecule has 7 fully saturated rings. The Morgan fingerprint density at radius 3 is 2.51 bits per heavy atom. The van der Waals surface area contributed by atoms with Gasteiger partial charge in [0, 0.05) is 19.5 Å². The monoisotopic (exact) mass is 662 g/mol. The average Bonchev–Trinajstić information content (AvgIpc) is 3.62. The van der Waals surface area contributed by atoms with E-state index in [4.69, 9.17) is 25.1 Å². The van der Waals surface area contributed by atoms with Crippen LogP contribution in [0, 0.1) is 45.3 Å². The predicted molar refractivity (Wildman–Crippen MR) is 175 cm³/mol. The maximum Gasteiger partial charge on any atom is 0.303 e. The van der Waals surface area contributed by atoms with E-state index in [2.05, 4.69) is 32.6 Å². The molecule has 6 N–H and O–H groups in total. The second-order valence-electron chi connectivity index (χ2n) is 18.5. The van der Waals surface area contributed by atoms with Crippen LogP contribution in [0.3, 0.4) is 0 Å². The summed E-state index contributed by atoms with van der Waals surface area (Å²) in [5, 5.41) is 42.9. The normalized spacial score (nSPS) is 51.1. The molecule has 10 heteroatoms. The summed E-state index contributed by atoms with van der Waals surface area (Å²) < 4.78 is 19.5. The van der Waals surface area contributed by atoms with Crippen molar-refractivity contribution in [1.82, 2.24) is 4.90 Å². The zero-order valence-electron chi connectivity index (χ0n) is 29.6. The van der Waals surface area contributed by atoms with E-state index in [-0.39, 0.29) is 58.2 Å². The highest BCUT2D eigenvalue weighted by atomic mass is 16.7. The molecule has 0 aromatic carbocycles. The lowest BCUT2D eigenvalue weighted by atomic mass is 9.43. The Morgan fingerprint density at radius 2 is 1.81 bits per heavy atom. The van der Waals surface area contributed by atoms with Crippen LogP contribution in [0.4, 0.5) is 0 Å². The van der Waals surface area contributed by atoms with Gasteiger partial charge in [-0.2, -0.15) is 0 Å². The number of aliphatic hydroxyl groups is 3. The molecule has 0 aromatic heterocycles.